The van der Waals surface area contributed by atoms with Gasteiger partial charge in [0.15, 0.2) is 0 Å². The van der Waals surface area contributed by atoms with E-state index in [4.69, 9.17) is 9.15 Å². The average Bonchev–Trinajstić information content (AvgIpc) is 3.38. The number of esters is 1. The molecule has 31 heavy (non-hydrogen) atoms. The van der Waals surface area contributed by atoms with Gasteiger partial charge in [-0.3, -0.25) is 4.90 Å². The van der Waals surface area contributed by atoms with Crippen molar-refractivity contribution in [1.82, 2.24) is 4.90 Å². The van der Waals surface area contributed by atoms with Gasteiger partial charge in [-0.25, -0.2) is 9.59 Å². The Bertz CT molecular complexity index is 1010. The summed E-state index contributed by atoms with van der Waals surface area (Å²) >= 11 is 1.87. The second-order valence-electron chi connectivity index (χ2n) is 7.22. The van der Waals surface area contributed by atoms with Gasteiger partial charge in [-0.05, 0) is 41.5 Å². The van der Waals surface area contributed by atoms with E-state index in [9.17, 15) is 9.59 Å². The molecule has 0 atom stereocenters. The summed E-state index contributed by atoms with van der Waals surface area (Å²) in [6.45, 7) is 1.90. The van der Waals surface area contributed by atoms with Crippen LogP contribution in [0, 0.1) is 0 Å². The monoisotopic (exact) mass is 436 g/mol. The molecule has 4 rings (SSSR count). The molecule has 1 aliphatic heterocycles. The lowest BCUT2D eigenvalue weighted by atomic mass is 10.1. The van der Waals surface area contributed by atoms with E-state index in [1.807, 2.05) is 59.1 Å². The van der Waals surface area contributed by atoms with Crippen LogP contribution < -0.4 is 4.90 Å². The lowest BCUT2D eigenvalue weighted by Gasteiger charge is -2.33. The van der Waals surface area contributed by atoms with Crippen LogP contribution in [0.3, 0.4) is 0 Å². The Balaban J connectivity index is 1.59. The molecule has 0 N–H and O–H groups in total. The molecule has 0 radical (unpaired) electrons. The summed E-state index contributed by atoms with van der Waals surface area (Å²) in [5.41, 5.74) is 4.28. The zero-order chi connectivity index (χ0) is 21.6. The van der Waals surface area contributed by atoms with Crippen molar-refractivity contribution >= 4 is 29.4 Å². The van der Waals surface area contributed by atoms with E-state index in [0.29, 0.717) is 12.1 Å². The molecule has 0 unspecified atom stereocenters. The molecule has 160 valence electrons. The van der Waals surface area contributed by atoms with Crippen molar-refractivity contribution in [2.24, 2.45) is 0 Å². The molecule has 2 aromatic carbocycles. The highest BCUT2D eigenvalue weighted by molar-refractivity contribution is 7.99. The van der Waals surface area contributed by atoms with Crippen LogP contribution in [0.15, 0.2) is 71.5 Å². The third-order valence-electron chi connectivity index (χ3n) is 5.26. The van der Waals surface area contributed by atoms with Gasteiger partial charge in [0.1, 0.15) is 0 Å². The molecule has 0 spiro atoms. The van der Waals surface area contributed by atoms with Crippen molar-refractivity contribution in [3.63, 3.8) is 0 Å². The van der Waals surface area contributed by atoms with Crippen molar-refractivity contribution in [2.75, 3.05) is 36.6 Å². The number of furan rings is 1. The first-order valence-corrected chi connectivity index (χ1v) is 11.3. The minimum Gasteiger partial charge on any atom is -0.472 e. The predicted molar refractivity (Wildman–Crippen MR) is 122 cm³/mol. The van der Waals surface area contributed by atoms with Gasteiger partial charge in [0.05, 0.1) is 31.7 Å². The third kappa shape index (κ3) is 4.94. The summed E-state index contributed by atoms with van der Waals surface area (Å²) in [7, 11) is 1.36. The molecule has 1 fully saturated rings. The molecular formula is C24H24N2O4S. The predicted octanol–water partition coefficient (Wildman–Crippen LogP) is 4.91. The minimum atomic E-state index is -0.375. The van der Waals surface area contributed by atoms with Crippen LogP contribution in [0.1, 0.15) is 15.9 Å². The van der Waals surface area contributed by atoms with Crippen molar-refractivity contribution in [3.8, 4) is 11.1 Å². The van der Waals surface area contributed by atoms with E-state index in [1.165, 1.54) is 7.11 Å². The largest absolute Gasteiger partial charge is 0.472 e. The van der Waals surface area contributed by atoms with Crippen LogP contribution in [-0.2, 0) is 11.3 Å². The number of carbonyl (C=O) groups is 2. The maximum absolute atomic E-state index is 13.4. The van der Waals surface area contributed by atoms with Crippen LogP contribution in [-0.4, -0.2) is 48.6 Å². The molecule has 0 bridgehead atoms. The number of rotatable bonds is 5. The first kappa shape index (κ1) is 21.1. The Labute approximate surface area is 185 Å². The summed E-state index contributed by atoms with van der Waals surface area (Å²) in [6, 6.07) is 17.0. The highest BCUT2D eigenvalue weighted by Gasteiger charge is 2.24. The van der Waals surface area contributed by atoms with Gasteiger partial charge in [-0.15, -0.1) is 0 Å². The quantitative estimate of drug-likeness (QED) is 0.532. The first-order valence-electron chi connectivity index (χ1n) is 10.1. The Kier molecular flexibility index (Phi) is 6.62. The number of benzene rings is 2. The fraction of sp³-hybridized carbons (Fsp3) is 0.250. The highest BCUT2D eigenvalue weighted by Crippen LogP contribution is 2.26. The van der Waals surface area contributed by atoms with Crippen LogP contribution in [0.4, 0.5) is 10.5 Å². The van der Waals surface area contributed by atoms with Gasteiger partial charge in [-0.1, -0.05) is 24.3 Å². The number of nitrogens with zero attached hydrogens (tertiary/aromatic N) is 2. The lowest BCUT2D eigenvalue weighted by Crippen LogP contribution is -2.46. The number of hydrogen-bond donors (Lipinski definition) is 0. The zero-order valence-electron chi connectivity index (χ0n) is 17.3. The smallest absolute Gasteiger partial charge is 0.337 e. The van der Waals surface area contributed by atoms with E-state index < -0.39 is 0 Å². The number of urea groups is 1. The Morgan fingerprint density at radius 3 is 2.32 bits per heavy atom. The molecule has 0 aliphatic carbocycles. The van der Waals surface area contributed by atoms with Gasteiger partial charge < -0.3 is 14.1 Å². The number of ether oxygens (including phenoxy) is 1. The molecule has 7 heteroatoms. The van der Waals surface area contributed by atoms with E-state index in [2.05, 4.69) is 0 Å². The average molecular weight is 437 g/mol. The van der Waals surface area contributed by atoms with Gasteiger partial charge in [0.25, 0.3) is 0 Å². The zero-order valence-corrected chi connectivity index (χ0v) is 18.1. The third-order valence-corrected chi connectivity index (χ3v) is 6.20. The molecule has 1 aliphatic rings. The number of carbonyl (C=O) groups excluding carboxylic acids is 2. The van der Waals surface area contributed by atoms with Gasteiger partial charge in [-0.2, -0.15) is 11.8 Å². The first-order chi connectivity index (χ1) is 15.2. The molecular weight excluding hydrogens is 412 g/mol. The van der Waals surface area contributed by atoms with E-state index in [1.54, 1.807) is 29.6 Å². The Morgan fingerprint density at radius 1 is 1.00 bits per heavy atom. The molecule has 1 aromatic heterocycles. The maximum Gasteiger partial charge on any atom is 0.337 e. The lowest BCUT2D eigenvalue weighted by molar-refractivity contribution is 0.0600. The molecule has 1 saturated heterocycles. The maximum atomic E-state index is 13.4. The second kappa shape index (κ2) is 9.75. The van der Waals surface area contributed by atoms with Crippen LogP contribution in [0.2, 0.25) is 0 Å². The van der Waals surface area contributed by atoms with E-state index >= 15 is 0 Å². The summed E-state index contributed by atoms with van der Waals surface area (Å²) < 4.78 is 9.94. The van der Waals surface area contributed by atoms with E-state index in [0.717, 1.165) is 47.0 Å². The summed E-state index contributed by atoms with van der Waals surface area (Å²) in [5, 5.41) is 0. The fourth-order valence-corrected chi connectivity index (χ4v) is 4.41. The second-order valence-corrected chi connectivity index (χ2v) is 8.44. The number of thioether (sulfide) groups is 1. The van der Waals surface area contributed by atoms with Crippen molar-refractivity contribution in [2.45, 2.75) is 6.54 Å². The van der Waals surface area contributed by atoms with Crippen molar-refractivity contribution < 1.29 is 18.7 Å². The highest BCUT2D eigenvalue weighted by atomic mass is 32.2. The number of methoxy groups -OCH3 is 1. The van der Waals surface area contributed by atoms with Gasteiger partial charge in [0.2, 0.25) is 0 Å². The summed E-state index contributed by atoms with van der Waals surface area (Å²) in [4.78, 5) is 28.8. The number of hydrogen-bond acceptors (Lipinski definition) is 5. The van der Waals surface area contributed by atoms with Crippen LogP contribution in [0.25, 0.3) is 11.1 Å². The number of anilines is 1. The molecule has 2 amide bonds. The van der Waals surface area contributed by atoms with Crippen molar-refractivity contribution in [1.29, 1.82) is 0 Å². The number of amides is 2. The summed E-state index contributed by atoms with van der Waals surface area (Å²) in [5.74, 6) is 1.53. The Morgan fingerprint density at radius 2 is 1.71 bits per heavy atom. The SMILES string of the molecule is COC(=O)c1ccc(CN(C(=O)N2CCSCC2)c2ccc(-c3ccoc3)cc2)cc1. The molecule has 0 saturated carbocycles. The topological polar surface area (TPSA) is 63.0 Å². The minimum absolute atomic E-state index is 0.00611. The normalized spacial score (nSPS) is 13.6. The summed E-state index contributed by atoms with van der Waals surface area (Å²) in [6.07, 6.45) is 3.34. The fourth-order valence-electron chi connectivity index (χ4n) is 3.50. The van der Waals surface area contributed by atoms with Crippen molar-refractivity contribution in [3.05, 3.63) is 78.3 Å². The standard InChI is InChI=1S/C24H24N2O4S/c1-29-23(27)20-4-2-18(3-5-20)16-26(24(28)25-11-14-31-15-12-25)22-8-6-19(7-9-22)21-10-13-30-17-21/h2-10,13,17H,11-12,14-16H2,1H3. The molecule has 2 heterocycles. The van der Waals surface area contributed by atoms with Crippen LogP contribution in [0.5, 0.6) is 0 Å². The Hall–Kier alpha value is -3.19. The van der Waals surface area contributed by atoms with Gasteiger partial charge >= 0.3 is 12.0 Å². The van der Waals surface area contributed by atoms with E-state index in [-0.39, 0.29) is 12.0 Å². The molecule has 6 nitrogen and oxygen atoms in total. The van der Waals surface area contributed by atoms with Gasteiger partial charge in [0, 0.05) is 35.8 Å². The van der Waals surface area contributed by atoms with Crippen LogP contribution >= 0.6 is 11.8 Å². The molecule has 3 aromatic rings.